The van der Waals surface area contributed by atoms with Gasteiger partial charge >= 0.3 is 6.18 Å². The van der Waals surface area contributed by atoms with Crippen molar-refractivity contribution in [2.24, 2.45) is 4.99 Å². The molecule has 31 heavy (non-hydrogen) atoms. The Kier molecular flexibility index (Phi) is 13.0. The van der Waals surface area contributed by atoms with Crippen molar-refractivity contribution in [1.29, 1.82) is 0 Å². The fourth-order valence-electron chi connectivity index (χ4n) is 3.23. The Morgan fingerprint density at radius 1 is 1.19 bits per heavy atom. The van der Waals surface area contributed by atoms with Crippen LogP contribution in [0, 0.1) is 0 Å². The smallest absolute Gasteiger partial charge is 0.411 e. The summed E-state index contributed by atoms with van der Waals surface area (Å²) in [7, 11) is 1.62. The van der Waals surface area contributed by atoms with Crippen molar-refractivity contribution in [3.05, 3.63) is 23.8 Å². The van der Waals surface area contributed by atoms with Gasteiger partial charge in [0.1, 0.15) is 6.61 Å². The third kappa shape index (κ3) is 10.6. The molecule has 0 amide bonds. The molecule has 6 nitrogen and oxygen atoms in total. The van der Waals surface area contributed by atoms with E-state index >= 15 is 0 Å². The maximum atomic E-state index is 12.1. The monoisotopic (exact) mass is 559 g/mol. The van der Waals surface area contributed by atoms with E-state index in [1.807, 2.05) is 25.1 Å². The third-order valence-corrected chi connectivity index (χ3v) is 4.64. The zero-order valence-corrected chi connectivity index (χ0v) is 20.4. The summed E-state index contributed by atoms with van der Waals surface area (Å²) in [6, 6.07) is 5.75. The summed E-state index contributed by atoms with van der Waals surface area (Å²) in [4.78, 5) is 4.59. The fraction of sp³-hybridized carbons (Fsp3) is 0.667. The molecule has 1 aliphatic rings. The lowest BCUT2D eigenvalue weighted by atomic mass is 10.1. The van der Waals surface area contributed by atoms with Crippen molar-refractivity contribution in [3.63, 3.8) is 0 Å². The van der Waals surface area contributed by atoms with Crippen LogP contribution in [0.4, 0.5) is 13.2 Å². The minimum Gasteiger partial charge on any atom is -0.493 e. The number of para-hydroxylation sites is 1. The molecule has 0 saturated heterocycles. The third-order valence-electron chi connectivity index (χ3n) is 4.64. The van der Waals surface area contributed by atoms with Crippen LogP contribution in [0.5, 0.6) is 11.5 Å². The maximum absolute atomic E-state index is 12.1. The van der Waals surface area contributed by atoms with Gasteiger partial charge in [-0.2, -0.15) is 13.2 Å². The molecule has 0 aliphatic heterocycles. The molecule has 0 bridgehead atoms. The van der Waals surface area contributed by atoms with Crippen LogP contribution in [0.15, 0.2) is 23.2 Å². The Morgan fingerprint density at radius 2 is 1.94 bits per heavy atom. The average Bonchev–Trinajstić information content (AvgIpc) is 3.21. The number of methoxy groups -OCH3 is 1. The first-order chi connectivity index (χ1) is 14.4. The normalized spacial score (nSPS) is 14.8. The summed E-state index contributed by atoms with van der Waals surface area (Å²) in [5.41, 5.74) is 0.923. The number of hydrogen-bond donors (Lipinski definition) is 2. The summed E-state index contributed by atoms with van der Waals surface area (Å²) >= 11 is 0. The predicted octanol–water partition coefficient (Wildman–Crippen LogP) is 4.66. The molecule has 0 heterocycles. The van der Waals surface area contributed by atoms with E-state index in [9.17, 15) is 13.2 Å². The lowest BCUT2D eigenvalue weighted by Crippen LogP contribution is -2.38. The SMILES string of the molecule is CCNC(=NCc1cccc(OC)c1OC1CCCC1)NCCCOCC(F)(F)F.I. The molecule has 0 atom stereocenters. The standard InChI is InChI=1S/C21H32F3N3O3.HI/c1-3-25-20(26-12-7-13-29-15-21(22,23)24)27-14-16-8-6-11-18(28-2)19(16)30-17-9-4-5-10-17;/h6,8,11,17H,3-5,7,9-10,12-15H2,1-2H3,(H2,25,26,27);1H. The zero-order valence-electron chi connectivity index (χ0n) is 18.1. The van der Waals surface area contributed by atoms with Gasteiger partial charge < -0.3 is 24.8 Å². The van der Waals surface area contributed by atoms with Gasteiger partial charge in [-0.3, -0.25) is 0 Å². The van der Waals surface area contributed by atoms with Gasteiger partial charge in [-0.15, -0.1) is 24.0 Å². The van der Waals surface area contributed by atoms with Crippen LogP contribution in [-0.2, 0) is 11.3 Å². The number of ether oxygens (including phenoxy) is 3. The van der Waals surface area contributed by atoms with Crippen molar-refractivity contribution in [2.45, 2.75) is 57.9 Å². The predicted molar refractivity (Wildman–Crippen MR) is 126 cm³/mol. The summed E-state index contributed by atoms with van der Waals surface area (Å²) < 4.78 is 52.6. The molecule has 1 saturated carbocycles. The second-order valence-electron chi connectivity index (χ2n) is 7.12. The van der Waals surface area contributed by atoms with Crippen LogP contribution < -0.4 is 20.1 Å². The molecule has 0 radical (unpaired) electrons. The van der Waals surface area contributed by atoms with Gasteiger partial charge in [0.05, 0.1) is 19.8 Å². The lowest BCUT2D eigenvalue weighted by Gasteiger charge is -2.19. The fourth-order valence-corrected chi connectivity index (χ4v) is 3.23. The molecule has 1 aromatic rings. The van der Waals surface area contributed by atoms with Gasteiger partial charge in [0.25, 0.3) is 0 Å². The highest BCUT2D eigenvalue weighted by molar-refractivity contribution is 14.0. The first-order valence-corrected chi connectivity index (χ1v) is 10.4. The van der Waals surface area contributed by atoms with Gasteiger partial charge in [-0.05, 0) is 45.1 Å². The highest BCUT2D eigenvalue weighted by atomic mass is 127. The molecular weight excluding hydrogens is 526 g/mol. The summed E-state index contributed by atoms with van der Waals surface area (Å²) in [5.74, 6) is 2.00. The molecule has 1 fully saturated rings. The van der Waals surface area contributed by atoms with E-state index in [0.29, 0.717) is 37.8 Å². The quantitative estimate of drug-likeness (QED) is 0.179. The first-order valence-electron chi connectivity index (χ1n) is 10.4. The summed E-state index contributed by atoms with van der Waals surface area (Å²) in [6.45, 7) is 2.26. The van der Waals surface area contributed by atoms with Crippen molar-refractivity contribution in [3.8, 4) is 11.5 Å². The molecular formula is C21H33F3IN3O3. The zero-order chi connectivity index (χ0) is 21.8. The van der Waals surface area contributed by atoms with Crippen molar-refractivity contribution < 1.29 is 27.4 Å². The van der Waals surface area contributed by atoms with Gasteiger partial charge in [-0.25, -0.2) is 4.99 Å². The van der Waals surface area contributed by atoms with Crippen LogP contribution >= 0.6 is 24.0 Å². The van der Waals surface area contributed by atoms with Gasteiger partial charge in [0, 0.05) is 25.3 Å². The molecule has 2 rings (SSSR count). The van der Waals surface area contributed by atoms with E-state index in [-0.39, 0.29) is 36.7 Å². The van der Waals surface area contributed by atoms with E-state index in [1.165, 1.54) is 12.8 Å². The van der Waals surface area contributed by atoms with Gasteiger partial charge in [0.2, 0.25) is 0 Å². The van der Waals surface area contributed by atoms with E-state index < -0.39 is 12.8 Å². The number of benzene rings is 1. The molecule has 2 N–H and O–H groups in total. The first kappa shape index (κ1) is 27.6. The number of guanidine groups is 1. The Morgan fingerprint density at radius 3 is 2.58 bits per heavy atom. The molecule has 0 aromatic heterocycles. The highest BCUT2D eigenvalue weighted by Crippen LogP contribution is 2.35. The number of nitrogens with one attached hydrogen (secondary N) is 2. The van der Waals surface area contributed by atoms with E-state index in [4.69, 9.17) is 9.47 Å². The van der Waals surface area contributed by atoms with E-state index in [0.717, 1.165) is 24.2 Å². The number of rotatable bonds is 11. The number of hydrogen-bond acceptors (Lipinski definition) is 4. The topological polar surface area (TPSA) is 64.1 Å². The molecule has 0 unspecified atom stereocenters. The number of aliphatic imine (C=N–C) groups is 1. The minimum atomic E-state index is -4.29. The van der Waals surface area contributed by atoms with E-state index in [2.05, 4.69) is 20.4 Å². The van der Waals surface area contributed by atoms with Gasteiger partial charge in [-0.1, -0.05) is 12.1 Å². The van der Waals surface area contributed by atoms with E-state index in [1.54, 1.807) is 7.11 Å². The molecule has 1 aliphatic carbocycles. The Hall–Kier alpha value is -1.43. The number of alkyl halides is 3. The second kappa shape index (κ2) is 14.6. The van der Waals surface area contributed by atoms with Crippen LogP contribution in [0.2, 0.25) is 0 Å². The summed E-state index contributed by atoms with van der Waals surface area (Å²) in [5, 5.41) is 6.25. The number of halogens is 4. The van der Waals surface area contributed by atoms with Crippen LogP contribution in [0.25, 0.3) is 0 Å². The molecule has 0 spiro atoms. The van der Waals surface area contributed by atoms with Crippen molar-refractivity contribution in [2.75, 3.05) is 33.4 Å². The molecule has 10 heteroatoms. The highest BCUT2D eigenvalue weighted by Gasteiger charge is 2.27. The molecule has 178 valence electrons. The van der Waals surface area contributed by atoms with Crippen LogP contribution in [0.3, 0.4) is 0 Å². The largest absolute Gasteiger partial charge is 0.493 e. The second-order valence-corrected chi connectivity index (χ2v) is 7.12. The Balaban J connectivity index is 0.00000480. The van der Waals surface area contributed by atoms with Gasteiger partial charge in [0.15, 0.2) is 17.5 Å². The molecule has 1 aromatic carbocycles. The maximum Gasteiger partial charge on any atom is 0.411 e. The Labute approximate surface area is 199 Å². The average molecular weight is 559 g/mol. The van der Waals surface area contributed by atoms with Crippen LogP contribution in [0.1, 0.15) is 44.6 Å². The van der Waals surface area contributed by atoms with Crippen molar-refractivity contribution >= 4 is 29.9 Å². The van der Waals surface area contributed by atoms with Crippen molar-refractivity contribution in [1.82, 2.24) is 10.6 Å². The Bertz CT molecular complexity index is 669. The number of nitrogens with zero attached hydrogens (tertiary/aromatic N) is 1. The van der Waals surface area contributed by atoms with Crippen LogP contribution in [-0.4, -0.2) is 51.7 Å². The summed E-state index contributed by atoms with van der Waals surface area (Å²) in [6.07, 6.45) is 0.785. The minimum absolute atomic E-state index is 0. The lowest BCUT2D eigenvalue weighted by molar-refractivity contribution is -0.173.